The lowest BCUT2D eigenvalue weighted by molar-refractivity contribution is -0.141. The summed E-state index contributed by atoms with van der Waals surface area (Å²) in [6, 6.07) is 5.19. The zero-order valence-corrected chi connectivity index (χ0v) is 18.3. The number of nitrogen functional groups attached to an aromatic ring is 1. The van der Waals surface area contributed by atoms with Crippen molar-refractivity contribution in [1.82, 2.24) is 9.13 Å². The fourth-order valence-corrected chi connectivity index (χ4v) is 3.34. The summed E-state index contributed by atoms with van der Waals surface area (Å²) in [5.41, 5.74) is 5.29. The molecule has 2 aromatic heterocycles. The Balaban J connectivity index is 1.76. The van der Waals surface area contributed by atoms with Gasteiger partial charge in [-0.15, -0.1) is 0 Å². The van der Waals surface area contributed by atoms with Crippen LogP contribution in [0.5, 0.6) is 5.75 Å². The summed E-state index contributed by atoms with van der Waals surface area (Å²) in [5.74, 6) is -1.02. The molecule has 10 nitrogen and oxygen atoms in total. The largest absolute Gasteiger partial charge is 0.497 e. The minimum Gasteiger partial charge on any atom is -0.497 e. The molecule has 10 heteroatoms. The lowest BCUT2D eigenvalue weighted by Gasteiger charge is -2.16. The maximum Gasteiger partial charge on any atom is 0.332 e. The third kappa shape index (κ3) is 4.43. The van der Waals surface area contributed by atoms with E-state index in [0.29, 0.717) is 22.3 Å². The van der Waals surface area contributed by atoms with Crippen LogP contribution in [0.15, 0.2) is 38.5 Å². The summed E-state index contributed by atoms with van der Waals surface area (Å²) in [4.78, 5) is 49.8. The summed E-state index contributed by atoms with van der Waals surface area (Å²) >= 11 is 0. The van der Waals surface area contributed by atoms with Crippen LogP contribution in [0.25, 0.3) is 11.0 Å². The van der Waals surface area contributed by atoms with E-state index in [9.17, 15) is 19.2 Å². The quantitative estimate of drug-likeness (QED) is 0.409. The van der Waals surface area contributed by atoms with Gasteiger partial charge in [-0.2, -0.15) is 0 Å². The number of ether oxygens (including phenoxy) is 2. The second-order valence-electron chi connectivity index (χ2n) is 7.80. The van der Waals surface area contributed by atoms with Crippen molar-refractivity contribution in [3.63, 3.8) is 0 Å². The number of hydrogen-bond donors (Lipinski definition) is 1. The lowest BCUT2D eigenvalue weighted by atomic mass is 10.1. The number of carbonyl (C=O) groups is 2. The summed E-state index contributed by atoms with van der Waals surface area (Å²) in [6.45, 7) is 3.30. The molecule has 0 fully saturated rings. The molecule has 0 spiro atoms. The number of fused-ring (bicyclic) bond motifs is 1. The van der Waals surface area contributed by atoms with Crippen molar-refractivity contribution < 1.29 is 23.5 Å². The maximum atomic E-state index is 12.7. The van der Waals surface area contributed by atoms with Crippen molar-refractivity contribution in [3.8, 4) is 5.75 Å². The van der Waals surface area contributed by atoms with E-state index in [-0.39, 0.29) is 30.3 Å². The zero-order chi connectivity index (χ0) is 23.6. The first kappa shape index (κ1) is 22.9. The Kier molecular flexibility index (Phi) is 6.52. The van der Waals surface area contributed by atoms with Gasteiger partial charge < -0.3 is 19.6 Å². The van der Waals surface area contributed by atoms with E-state index < -0.39 is 29.6 Å². The van der Waals surface area contributed by atoms with Crippen molar-refractivity contribution in [2.45, 2.75) is 26.8 Å². The fraction of sp³-hybridized carbons (Fsp3) is 0.364. The van der Waals surface area contributed by atoms with Crippen LogP contribution in [-0.4, -0.2) is 34.6 Å². The molecule has 0 atom stereocenters. The number of nitrogens with zero attached hydrogens (tertiary/aromatic N) is 2. The van der Waals surface area contributed by atoms with Crippen molar-refractivity contribution >= 4 is 28.5 Å². The normalized spacial score (nSPS) is 11.2. The molecule has 170 valence electrons. The third-order valence-electron chi connectivity index (χ3n) is 4.97. The van der Waals surface area contributed by atoms with Crippen LogP contribution in [0.3, 0.4) is 0 Å². The molecule has 3 rings (SSSR count). The predicted octanol–water partition coefficient (Wildman–Crippen LogP) is 1.51. The molecule has 0 radical (unpaired) electrons. The van der Waals surface area contributed by atoms with E-state index in [1.165, 1.54) is 25.0 Å². The van der Waals surface area contributed by atoms with E-state index in [1.807, 2.05) is 13.8 Å². The molecule has 0 saturated carbocycles. The molecule has 0 aliphatic heterocycles. The van der Waals surface area contributed by atoms with E-state index >= 15 is 0 Å². The maximum absolute atomic E-state index is 12.7. The van der Waals surface area contributed by atoms with Gasteiger partial charge in [-0.3, -0.25) is 23.5 Å². The summed E-state index contributed by atoms with van der Waals surface area (Å²) in [6.07, 6.45) is 1.30. The van der Waals surface area contributed by atoms with Crippen LogP contribution < -0.4 is 21.7 Å². The number of furan rings is 1. The summed E-state index contributed by atoms with van der Waals surface area (Å²) in [5, 5.41) is 0.716. The number of anilines is 1. The number of esters is 1. The van der Waals surface area contributed by atoms with Crippen molar-refractivity contribution in [3.05, 3.63) is 56.4 Å². The molecule has 2 heterocycles. The molecule has 0 saturated heterocycles. The number of carbonyl (C=O) groups excluding carboxylic acids is 2. The Hall–Kier alpha value is -3.82. The van der Waals surface area contributed by atoms with E-state index in [0.717, 1.165) is 4.57 Å². The summed E-state index contributed by atoms with van der Waals surface area (Å²) in [7, 11) is 2.80. The Labute approximate surface area is 183 Å². The van der Waals surface area contributed by atoms with E-state index in [1.54, 1.807) is 18.2 Å². The Morgan fingerprint density at radius 2 is 1.94 bits per heavy atom. The van der Waals surface area contributed by atoms with Gasteiger partial charge in [-0.25, -0.2) is 4.79 Å². The number of aromatic nitrogens is 2. The van der Waals surface area contributed by atoms with Crippen LogP contribution in [-0.2, 0) is 29.5 Å². The van der Waals surface area contributed by atoms with Crippen LogP contribution in [0.1, 0.15) is 29.8 Å². The van der Waals surface area contributed by atoms with Gasteiger partial charge in [0.25, 0.3) is 5.56 Å². The average molecular weight is 443 g/mol. The van der Waals surface area contributed by atoms with Crippen LogP contribution >= 0.6 is 0 Å². The van der Waals surface area contributed by atoms with Crippen molar-refractivity contribution in [2.75, 3.05) is 19.5 Å². The van der Waals surface area contributed by atoms with Gasteiger partial charge in [0.2, 0.25) is 5.78 Å². The van der Waals surface area contributed by atoms with Gasteiger partial charge in [0.05, 0.1) is 19.8 Å². The van der Waals surface area contributed by atoms with Gasteiger partial charge in [0.1, 0.15) is 22.7 Å². The first-order chi connectivity index (χ1) is 15.1. The second kappa shape index (κ2) is 9.13. The standard InChI is InChI=1S/C22H25N3O7/c1-12(2)9-25-20(23)19(21(28)24(3)22(25)29)16(26)11-32-18(27)7-13-10-31-17-8-14(30-4)5-6-15(13)17/h5-6,8,10,12H,7,9,11,23H2,1-4H3. The van der Waals surface area contributed by atoms with Gasteiger partial charge in [-0.1, -0.05) is 13.8 Å². The zero-order valence-electron chi connectivity index (χ0n) is 18.3. The topological polar surface area (TPSA) is 136 Å². The van der Waals surface area contributed by atoms with Crippen molar-refractivity contribution in [2.24, 2.45) is 13.0 Å². The van der Waals surface area contributed by atoms with Gasteiger partial charge >= 0.3 is 11.7 Å². The second-order valence-corrected chi connectivity index (χ2v) is 7.80. The lowest BCUT2D eigenvalue weighted by Crippen LogP contribution is -2.43. The highest BCUT2D eigenvalue weighted by Gasteiger charge is 2.23. The molecular formula is C22H25N3O7. The van der Waals surface area contributed by atoms with E-state index in [4.69, 9.17) is 19.6 Å². The molecule has 1 aromatic carbocycles. The highest BCUT2D eigenvalue weighted by Crippen LogP contribution is 2.26. The molecule has 2 N–H and O–H groups in total. The monoisotopic (exact) mass is 443 g/mol. The number of methoxy groups -OCH3 is 1. The first-order valence-electron chi connectivity index (χ1n) is 9.96. The van der Waals surface area contributed by atoms with Gasteiger partial charge in [-0.05, 0) is 18.1 Å². The minimum absolute atomic E-state index is 0.0537. The number of benzene rings is 1. The van der Waals surface area contributed by atoms with Crippen LogP contribution in [0, 0.1) is 5.92 Å². The number of nitrogens with two attached hydrogens (primary N) is 1. The first-order valence-corrected chi connectivity index (χ1v) is 9.96. The fourth-order valence-electron chi connectivity index (χ4n) is 3.34. The smallest absolute Gasteiger partial charge is 0.332 e. The van der Waals surface area contributed by atoms with E-state index in [2.05, 4.69) is 0 Å². The molecule has 3 aromatic rings. The molecule has 0 amide bonds. The highest BCUT2D eigenvalue weighted by molar-refractivity contribution is 6.01. The Morgan fingerprint density at radius 1 is 1.22 bits per heavy atom. The highest BCUT2D eigenvalue weighted by atomic mass is 16.5. The molecule has 32 heavy (non-hydrogen) atoms. The van der Waals surface area contributed by atoms with Gasteiger partial charge in [0.15, 0.2) is 6.61 Å². The molecule has 0 unspecified atom stereocenters. The summed E-state index contributed by atoms with van der Waals surface area (Å²) < 4.78 is 17.6. The van der Waals surface area contributed by atoms with Crippen LogP contribution in [0.4, 0.5) is 5.82 Å². The average Bonchev–Trinajstić information content (AvgIpc) is 3.15. The van der Waals surface area contributed by atoms with Gasteiger partial charge in [0, 0.05) is 30.6 Å². The third-order valence-corrected chi connectivity index (χ3v) is 4.97. The predicted molar refractivity (Wildman–Crippen MR) is 117 cm³/mol. The Bertz CT molecular complexity index is 1300. The number of Topliss-reactive ketones (excluding diaryl/α,β-unsaturated/α-hetero) is 1. The van der Waals surface area contributed by atoms with Crippen LogP contribution in [0.2, 0.25) is 0 Å². The minimum atomic E-state index is -0.830. The number of ketones is 1. The Morgan fingerprint density at radius 3 is 2.59 bits per heavy atom. The molecule has 0 bridgehead atoms. The SMILES string of the molecule is COc1ccc2c(CC(=O)OCC(=O)c3c(N)n(CC(C)C)c(=O)n(C)c3=O)coc2c1. The number of hydrogen-bond acceptors (Lipinski definition) is 8. The molecule has 0 aliphatic carbocycles. The molecular weight excluding hydrogens is 418 g/mol. The number of rotatable bonds is 8. The molecule has 0 aliphatic rings. The van der Waals surface area contributed by atoms with Crippen molar-refractivity contribution in [1.29, 1.82) is 0 Å².